The van der Waals surface area contributed by atoms with Gasteiger partial charge >= 0.3 is 0 Å². The van der Waals surface area contributed by atoms with Crippen molar-refractivity contribution in [2.24, 2.45) is 0 Å². The summed E-state index contributed by atoms with van der Waals surface area (Å²) in [6.07, 6.45) is 2.12. The van der Waals surface area contributed by atoms with Crippen LogP contribution in [0.4, 0.5) is 5.69 Å². The zero-order chi connectivity index (χ0) is 16.1. The van der Waals surface area contributed by atoms with Gasteiger partial charge in [-0.3, -0.25) is 0 Å². The van der Waals surface area contributed by atoms with E-state index >= 15 is 0 Å². The minimum Gasteiger partial charge on any atom is -0.495 e. The Labute approximate surface area is 143 Å². The summed E-state index contributed by atoms with van der Waals surface area (Å²) in [5, 5.41) is 0. The average molecular weight is 329 g/mol. The van der Waals surface area contributed by atoms with Crippen LogP contribution in [0.5, 0.6) is 5.75 Å². The van der Waals surface area contributed by atoms with Gasteiger partial charge in [-0.25, -0.2) is 0 Å². The summed E-state index contributed by atoms with van der Waals surface area (Å²) >= 11 is 1.80. The maximum atomic E-state index is 5.49. The van der Waals surface area contributed by atoms with Gasteiger partial charge in [0.25, 0.3) is 0 Å². The van der Waals surface area contributed by atoms with E-state index in [1.807, 2.05) is 12.1 Å². The van der Waals surface area contributed by atoms with Crippen LogP contribution in [0.3, 0.4) is 0 Å². The molecule has 1 N–H and O–H groups in total. The van der Waals surface area contributed by atoms with E-state index in [0.717, 1.165) is 25.4 Å². The Kier molecular flexibility index (Phi) is 5.47. The molecular formula is C19H25N2OS+. The highest BCUT2D eigenvalue weighted by atomic mass is 32.2. The first-order chi connectivity index (χ1) is 11.3. The van der Waals surface area contributed by atoms with Crippen LogP contribution in [-0.2, 0) is 6.54 Å². The minimum absolute atomic E-state index is 0.976. The fraction of sp³-hybridized carbons (Fsp3) is 0.368. The molecule has 1 heterocycles. The molecule has 122 valence electrons. The molecule has 1 saturated heterocycles. The van der Waals surface area contributed by atoms with Gasteiger partial charge in [-0.05, 0) is 30.5 Å². The van der Waals surface area contributed by atoms with Crippen LogP contribution in [0, 0.1) is 0 Å². The normalized spacial score (nSPS) is 15.7. The molecule has 0 spiro atoms. The maximum absolute atomic E-state index is 5.49. The second-order valence-corrected chi connectivity index (χ2v) is 6.81. The first kappa shape index (κ1) is 16.2. The standard InChI is InChI=1S/C19H24N2OS/c1-22-19-6-4-3-5-18(19)21-13-11-20(12-14-21)15-16-7-9-17(23-2)10-8-16/h3-10H,11-15H2,1-2H3/p+1. The first-order valence-corrected chi connectivity index (χ1v) is 9.37. The average Bonchev–Trinajstić information content (AvgIpc) is 2.63. The van der Waals surface area contributed by atoms with Gasteiger partial charge in [0.1, 0.15) is 12.3 Å². The topological polar surface area (TPSA) is 16.9 Å². The Bertz CT molecular complexity index is 622. The van der Waals surface area contributed by atoms with Crippen LogP contribution in [-0.4, -0.2) is 39.5 Å². The van der Waals surface area contributed by atoms with Gasteiger partial charge < -0.3 is 14.5 Å². The summed E-state index contributed by atoms with van der Waals surface area (Å²) in [7, 11) is 1.75. The van der Waals surface area contributed by atoms with Crippen LogP contribution >= 0.6 is 11.8 Å². The Morgan fingerprint density at radius 3 is 2.39 bits per heavy atom. The van der Waals surface area contributed by atoms with E-state index in [-0.39, 0.29) is 0 Å². The maximum Gasteiger partial charge on any atom is 0.142 e. The number of methoxy groups -OCH3 is 1. The van der Waals surface area contributed by atoms with Crippen molar-refractivity contribution in [1.82, 2.24) is 0 Å². The zero-order valence-corrected chi connectivity index (χ0v) is 14.7. The van der Waals surface area contributed by atoms with Crippen LogP contribution in [0.1, 0.15) is 5.56 Å². The lowest BCUT2D eigenvalue weighted by atomic mass is 10.2. The molecule has 1 aliphatic rings. The molecule has 3 nitrogen and oxygen atoms in total. The summed E-state index contributed by atoms with van der Waals surface area (Å²) in [6, 6.07) is 17.3. The van der Waals surface area contributed by atoms with Gasteiger partial charge in [-0.1, -0.05) is 24.3 Å². The van der Waals surface area contributed by atoms with Gasteiger partial charge in [0.2, 0.25) is 0 Å². The number of ether oxygens (including phenoxy) is 1. The SMILES string of the molecule is COc1ccccc1N1CC[NH+](Cc2ccc(SC)cc2)CC1. The number of para-hydroxylation sites is 2. The van der Waals surface area contributed by atoms with Crippen molar-refractivity contribution in [3.8, 4) is 5.75 Å². The highest BCUT2D eigenvalue weighted by molar-refractivity contribution is 7.98. The number of nitrogens with zero attached hydrogens (tertiary/aromatic N) is 1. The van der Waals surface area contributed by atoms with Crippen LogP contribution in [0.25, 0.3) is 0 Å². The van der Waals surface area contributed by atoms with E-state index in [1.165, 1.54) is 29.2 Å². The van der Waals surface area contributed by atoms with Gasteiger partial charge in [0.05, 0.1) is 39.0 Å². The van der Waals surface area contributed by atoms with Crippen LogP contribution < -0.4 is 14.5 Å². The number of benzene rings is 2. The predicted molar refractivity (Wildman–Crippen MR) is 97.8 cm³/mol. The van der Waals surface area contributed by atoms with Crippen molar-refractivity contribution in [2.75, 3.05) is 44.4 Å². The number of hydrogen-bond acceptors (Lipinski definition) is 3. The number of thioether (sulfide) groups is 1. The molecule has 0 aromatic heterocycles. The summed E-state index contributed by atoms with van der Waals surface area (Å²) in [5.74, 6) is 0.976. The molecule has 2 aromatic carbocycles. The molecule has 0 bridgehead atoms. The summed E-state index contributed by atoms with van der Waals surface area (Å²) in [4.78, 5) is 5.44. The Balaban J connectivity index is 1.57. The van der Waals surface area contributed by atoms with Crippen molar-refractivity contribution in [2.45, 2.75) is 11.4 Å². The number of nitrogens with one attached hydrogen (secondary N) is 1. The number of rotatable bonds is 5. The van der Waals surface area contributed by atoms with Gasteiger partial charge in [0.15, 0.2) is 0 Å². The molecule has 1 fully saturated rings. The lowest BCUT2D eigenvalue weighted by Crippen LogP contribution is -3.13. The molecule has 0 saturated carbocycles. The van der Waals surface area contributed by atoms with Crippen molar-refractivity contribution in [1.29, 1.82) is 0 Å². The number of anilines is 1. The molecule has 23 heavy (non-hydrogen) atoms. The van der Waals surface area contributed by atoms with E-state index in [4.69, 9.17) is 4.74 Å². The molecule has 3 rings (SSSR count). The molecule has 0 amide bonds. The van der Waals surface area contributed by atoms with Crippen LogP contribution in [0.15, 0.2) is 53.4 Å². The second-order valence-electron chi connectivity index (χ2n) is 5.93. The second kappa shape index (κ2) is 7.75. The molecule has 0 aliphatic carbocycles. The number of quaternary nitrogens is 1. The van der Waals surface area contributed by atoms with E-state index < -0.39 is 0 Å². The predicted octanol–water partition coefficient (Wildman–Crippen LogP) is 2.32. The monoisotopic (exact) mass is 329 g/mol. The number of hydrogen-bond donors (Lipinski definition) is 1. The molecule has 0 radical (unpaired) electrons. The molecular weight excluding hydrogens is 304 g/mol. The third kappa shape index (κ3) is 4.01. The summed E-state index contributed by atoms with van der Waals surface area (Å²) < 4.78 is 5.49. The molecule has 0 atom stereocenters. The first-order valence-electron chi connectivity index (χ1n) is 8.14. The molecule has 1 aliphatic heterocycles. The smallest absolute Gasteiger partial charge is 0.142 e. The largest absolute Gasteiger partial charge is 0.495 e. The highest BCUT2D eigenvalue weighted by Crippen LogP contribution is 2.27. The third-order valence-corrected chi connectivity index (χ3v) is 5.25. The van der Waals surface area contributed by atoms with Gasteiger partial charge in [-0.15, -0.1) is 11.8 Å². The Morgan fingerprint density at radius 1 is 1.04 bits per heavy atom. The highest BCUT2D eigenvalue weighted by Gasteiger charge is 2.22. The Hall–Kier alpha value is -1.65. The Morgan fingerprint density at radius 2 is 1.74 bits per heavy atom. The molecule has 2 aromatic rings. The van der Waals surface area contributed by atoms with Crippen molar-refractivity contribution >= 4 is 17.4 Å². The molecule has 0 unspecified atom stereocenters. The van der Waals surface area contributed by atoms with Gasteiger partial charge in [0, 0.05) is 10.5 Å². The van der Waals surface area contributed by atoms with E-state index in [1.54, 1.807) is 23.8 Å². The minimum atomic E-state index is 0.976. The van der Waals surface area contributed by atoms with Crippen molar-refractivity contribution < 1.29 is 9.64 Å². The van der Waals surface area contributed by atoms with Gasteiger partial charge in [-0.2, -0.15) is 0 Å². The van der Waals surface area contributed by atoms with Crippen molar-refractivity contribution in [3.05, 3.63) is 54.1 Å². The van der Waals surface area contributed by atoms with Crippen LogP contribution in [0.2, 0.25) is 0 Å². The number of piperazine rings is 1. The van der Waals surface area contributed by atoms with E-state index in [9.17, 15) is 0 Å². The lowest BCUT2D eigenvalue weighted by Gasteiger charge is -2.34. The van der Waals surface area contributed by atoms with E-state index in [2.05, 4.69) is 47.6 Å². The quantitative estimate of drug-likeness (QED) is 0.849. The zero-order valence-electron chi connectivity index (χ0n) is 13.9. The fourth-order valence-corrected chi connectivity index (χ4v) is 3.57. The third-order valence-electron chi connectivity index (χ3n) is 4.51. The van der Waals surface area contributed by atoms with E-state index in [0.29, 0.717) is 0 Å². The summed E-state index contributed by atoms with van der Waals surface area (Å²) in [6.45, 7) is 5.62. The summed E-state index contributed by atoms with van der Waals surface area (Å²) in [5.41, 5.74) is 2.65. The fourth-order valence-electron chi connectivity index (χ4n) is 3.16. The lowest BCUT2D eigenvalue weighted by molar-refractivity contribution is -0.914. The molecule has 4 heteroatoms. The van der Waals surface area contributed by atoms with Crippen molar-refractivity contribution in [3.63, 3.8) is 0 Å².